The Labute approximate surface area is 208 Å². The number of rotatable bonds is 11. The van der Waals surface area contributed by atoms with Gasteiger partial charge in [0, 0.05) is 43.3 Å². The average Bonchev–Trinajstić information content (AvgIpc) is 3.55. The number of hydrogen-bond donors (Lipinski definition) is 2. The molecule has 0 bridgehead atoms. The van der Waals surface area contributed by atoms with Crippen LogP contribution in [0.5, 0.6) is 11.5 Å². The maximum absolute atomic E-state index is 13.0. The topological polar surface area (TPSA) is 118 Å². The van der Waals surface area contributed by atoms with Crippen molar-refractivity contribution >= 4 is 10.9 Å². The molecule has 2 aromatic carbocycles. The smallest absolute Gasteiger partial charge is 0.252 e. The van der Waals surface area contributed by atoms with Gasteiger partial charge in [-0.2, -0.15) is 0 Å². The monoisotopic (exact) mass is 490 g/mol. The Morgan fingerprint density at radius 2 is 1.97 bits per heavy atom. The first-order valence-corrected chi connectivity index (χ1v) is 12.3. The number of aliphatic hydroxyl groups is 1. The zero-order valence-electron chi connectivity index (χ0n) is 20.3. The predicted octanol–water partition coefficient (Wildman–Crippen LogP) is 2.82. The standard InChI is InChI=1S/C26H30N6O4/c1-2-22(25-28-29-30-32(25)11-9-18-7-4-3-5-8-18)31(10-6-12-33)16-20-13-19-14-23-24(36-17-35-23)15-21(19)27-26(20)34/h3-5,7-8,13-15,22,33H,2,6,9-12,16-17H2,1H3,(H,27,34). The lowest BCUT2D eigenvalue weighted by atomic mass is 10.1. The van der Waals surface area contributed by atoms with Crippen LogP contribution >= 0.6 is 0 Å². The minimum Gasteiger partial charge on any atom is -0.454 e. The Hall–Kier alpha value is -3.76. The van der Waals surface area contributed by atoms with E-state index < -0.39 is 0 Å². The minimum absolute atomic E-state index is 0.0590. The highest BCUT2D eigenvalue weighted by molar-refractivity contribution is 5.83. The molecule has 2 aromatic heterocycles. The number of aromatic nitrogens is 5. The van der Waals surface area contributed by atoms with Crippen LogP contribution in [0.25, 0.3) is 10.9 Å². The van der Waals surface area contributed by atoms with Gasteiger partial charge in [-0.3, -0.25) is 9.69 Å². The van der Waals surface area contributed by atoms with Crippen LogP contribution in [0, 0.1) is 0 Å². The molecule has 0 radical (unpaired) electrons. The van der Waals surface area contributed by atoms with Gasteiger partial charge in [0.25, 0.3) is 5.56 Å². The molecule has 0 saturated carbocycles. The summed E-state index contributed by atoms with van der Waals surface area (Å²) in [5, 5.41) is 23.0. The van der Waals surface area contributed by atoms with Crippen LogP contribution in [0.1, 0.15) is 42.8 Å². The molecule has 10 nitrogen and oxygen atoms in total. The first kappa shape index (κ1) is 24.0. The molecule has 0 fully saturated rings. The van der Waals surface area contributed by atoms with Gasteiger partial charge in [0.05, 0.1) is 11.6 Å². The number of nitrogens with zero attached hydrogens (tertiary/aromatic N) is 5. The lowest BCUT2D eigenvalue weighted by Crippen LogP contribution is -2.34. The Bertz CT molecular complexity index is 1370. The largest absolute Gasteiger partial charge is 0.454 e. The summed E-state index contributed by atoms with van der Waals surface area (Å²) in [6.45, 7) is 3.96. The zero-order chi connectivity index (χ0) is 24.9. The Morgan fingerprint density at radius 3 is 2.75 bits per heavy atom. The van der Waals surface area contributed by atoms with Gasteiger partial charge in [-0.15, -0.1) is 5.10 Å². The van der Waals surface area contributed by atoms with Gasteiger partial charge in [-0.25, -0.2) is 4.68 Å². The highest BCUT2D eigenvalue weighted by atomic mass is 16.7. The molecule has 3 heterocycles. The Morgan fingerprint density at radius 1 is 1.17 bits per heavy atom. The summed E-state index contributed by atoms with van der Waals surface area (Å²) in [7, 11) is 0. The Balaban J connectivity index is 1.41. The van der Waals surface area contributed by atoms with Crippen molar-refractivity contribution in [2.45, 2.75) is 45.3 Å². The second-order valence-electron chi connectivity index (χ2n) is 8.88. The Kier molecular flexibility index (Phi) is 7.24. The van der Waals surface area contributed by atoms with Crippen LogP contribution in [0.4, 0.5) is 0 Å². The number of hydrogen-bond acceptors (Lipinski definition) is 8. The van der Waals surface area contributed by atoms with E-state index in [2.05, 4.69) is 44.5 Å². The number of fused-ring (bicyclic) bond motifs is 2. The SMILES string of the molecule is CCC(c1nnnn1CCc1ccccc1)N(CCCO)Cc1cc2cc3c(cc2[nH]c1=O)OCO3. The lowest BCUT2D eigenvalue weighted by molar-refractivity contribution is 0.152. The van der Waals surface area contributed by atoms with E-state index in [4.69, 9.17) is 9.47 Å². The van der Waals surface area contributed by atoms with E-state index in [0.717, 1.165) is 24.1 Å². The number of nitrogens with one attached hydrogen (secondary N) is 1. The fourth-order valence-corrected chi connectivity index (χ4v) is 4.69. The number of pyridine rings is 1. The predicted molar refractivity (Wildman–Crippen MR) is 134 cm³/mol. The molecule has 0 spiro atoms. The van der Waals surface area contributed by atoms with Crippen molar-refractivity contribution in [1.82, 2.24) is 30.1 Å². The van der Waals surface area contributed by atoms with Gasteiger partial charge in [-0.1, -0.05) is 37.3 Å². The van der Waals surface area contributed by atoms with Gasteiger partial charge in [-0.05, 0) is 47.4 Å². The van der Waals surface area contributed by atoms with E-state index in [9.17, 15) is 9.90 Å². The fourth-order valence-electron chi connectivity index (χ4n) is 4.69. The summed E-state index contributed by atoms with van der Waals surface area (Å²) in [6, 6.07) is 15.7. The molecule has 0 aliphatic carbocycles. The molecule has 0 amide bonds. The normalized spacial score (nSPS) is 13.5. The molecule has 188 valence electrons. The van der Waals surface area contributed by atoms with Crippen LogP contribution in [0.2, 0.25) is 0 Å². The zero-order valence-corrected chi connectivity index (χ0v) is 20.3. The van der Waals surface area contributed by atoms with Crippen LogP contribution < -0.4 is 15.0 Å². The third kappa shape index (κ3) is 5.09. The molecule has 5 rings (SSSR count). The average molecular weight is 491 g/mol. The molecule has 4 aromatic rings. The molecule has 1 unspecified atom stereocenters. The highest BCUT2D eigenvalue weighted by Gasteiger charge is 2.26. The van der Waals surface area contributed by atoms with Crippen LogP contribution in [-0.2, 0) is 19.5 Å². The summed E-state index contributed by atoms with van der Waals surface area (Å²) in [5.41, 5.74) is 2.38. The third-order valence-electron chi connectivity index (χ3n) is 6.53. The summed E-state index contributed by atoms with van der Waals surface area (Å²) in [6.07, 6.45) is 2.14. The van der Waals surface area contributed by atoms with Crippen molar-refractivity contribution in [1.29, 1.82) is 0 Å². The van der Waals surface area contributed by atoms with Gasteiger partial charge < -0.3 is 19.6 Å². The van der Waals surface area contributed by atoms with Crippen molar-refractivity contribution in [3.63, 3.8) is 0 Å². The first-order valence-electron chi connectivity index (χ1n) is 12.3. The maximum Gasteiger partial charge on any atom is 0.252 e. The molecule has 1 aliphatic heterocycles. The second kappa shape index (κ2) is 10.9. The number of H-pyrrole nitrogens is 1. The van der Waals surface area contributed by atoms with Gasteiger partial charge in [0.15, 0.2) is 17.3 Å². The summed E-state index contributed by atoms with van der Waals surface area (Å²) >= 11 is 0. The van der Waals surface area contributed by atoms with Crippen molar-refractivity contribution in [2.24, 2.45) is 0 Å². The molecule has 1 aliphatic rings. The quantitative estimate of drug-likeness (QED) is 0.330. The van der Waals surface area contributed by atoms with Crippen LogP contribution in [-0.4, -0.2) is 55.1 Å². The molecule has 0 saturated heterocycles. The molecular formula is C26H30N6O4. The fraction of sp³-hybridized carbons (Fsp3) is 0.385. The van der Waals surface area contributed by atoms with E-state index in [1.165, 1.54) is 5.56 Å². The van der Waals surface area contributed by atoms with Gasteiger partial charge in [0.1, 0.15) is 0 Å². The minimum atomic E-state index is -0.158. The maximum atomic E-state index is 13.0. The van der Waals surface area contributed by atoms with Crippen LogP contribution in [0.3, 0.4) is 0 Å². The number of ether oxygens (including phenoxy) is 2. The molecule has 2 N–H and O–H groups in total. The van der Waals surface area contributed by atoms with E-state index in [0.29, 0.717) is 48.6 Å². The molecule has 1 atom stereocenters. The van der Waals surface area contributed by atoms with Crippen molar-refractivity contribution in [3.8, 4) is 11.5 Å². The highest BCUT2D eigenvalue weighted by Crippen LogP contribution is 2.35. The number of benzene rings is 2. The molecular weight excluding hydrogens is 460 g/mol. The number of tetrazole rings is 1. The lowest BCUT2D eigenvalue weighted by Gasteiger charge is -2.30. The van der Waals surface area contributed by atoms with Crippen molar-refractivity contribution in [2.75, 3.05) is 19.9 Å². The molecule has 36 heavy (non-hydrogen) atoms. The van der Waals surface area contributed by atoms with Gasteiger partial charge >= 0.3 is 0 Å². The summed E-state index contributed by atoms with van der Waals surface area (Å²) in [5.74, 6) is 2.05. The number of aryl methyl sites for hydroxylation is 2. The number of aromatic amines is 1. The van der Waals surface area contributed by atoms with E-state index in [-0.39, 0.29) is 25.0 Å². The summed E-state index contributed by atoms with van der Waals surface area (Å²) in [4.78, 5) is 18.2. The van der Waals surface area contributed by atoms with Gasteiger partial charge in [0.2, 0.25) is 6.79 Å². The first-order chi connectivity index (χ1) is 17.7. The third-order valence-corrected chi connectivity index (χ3v) is 6.53. The second-order valence-corrected chi connectivity index (χ2v) is 8.88. The molecule has 10 heteroatoms. The van der Waals surface area contributed by atoms with Crippen LogP contribution in [0.15, 0.2) is 53.3 Å². The number of aliphatic hydroxyl groups excluding tert-OH is 1. The van der Waals surface area contributed by atoms with Crippen molar-refractivity contribution < 1.29 is 14.6 Å². The van der Waals surface area contributed by atoms with Crippen molar-refractivity contribution in [3.05, 3.63) is 75.8 Å². The summed E-state index contributed by atoms with van der Waals surface area (Å²) < 4.78 is 12.8. The van der Waals surface area contributed by atoms with E-state index in [1.54, 1.807) is 6.07 Å². The van der Waals surface area contributed by atoms with E-state index in [1.807, 2.05) is 35.0 Å². The van der Waals surface area contributed by atoms with E-state index >= 15 is 0 Å².